The van der Waals surface area contributed by atoms with E-state index in [-0.39, 0.29) is 12.5 Å². The lowest BCUT2D eigenvalue weighted by atomic mass is 10.1. The lowest BCUT2D eigenvalue weighted by Crippen LogP contribution is -2.46. The number of thiophene rings is 1. The van der Waals surface area contributed by atoms with E-state index in [1.807, 2.05) is 0 Å². The molecule has 1 unspecified atom stereocenters. The van der Waals surface area contributed by atoms with Gasteiger partial charge in [0.25, 0.3) is 5.91 Å². The Morgan fingerprint density at radius 2 is 2.16 bits per heavy atom. The van der Waals surface area contributed by atoms with E-state index in [0.717, 1.165) is 8.26 Å². The fourth-order valence-corrected chi connectivity index (χ4v) is 4.89. The minimum absolute atomic E-state index is 0.148. The minimum Gasteiger partial charge on any atom is -0.337 e. The second-order valence-electron chi connectivity index (χ2n) is 4.34. The van der Waals surface area contributed by atoms with Crippen LogP contribution in [-0.2, 0) is 10.0 Å². The first-order chi connectivity index (χ1) is 8.79. The molecule has 0 saturated carbocycles. The molecule has 106 valence electrons. The third-order valence-electron chi connectivity index (χ3n) is 2.99. The van der Waals surface area contributed by atoms with Crippen LogP contribution >= 0.6 is 43.2 Å². The third kappa shape index (κ3) is 3.57. The van der Waals surface area contributed by atoms with E-state index in [0.29, 0.717) is 24.3 Å². The molecule has 2 N–H and O–H groups in total. The Morgan fingerprint density at radius 3 is 2.68 bits per heavy atom. The van der Waals surface area contributed by atoms with Crippen LogP contribution in [0.1, 0.15) is 22.5 Å². The zero-order chi connectivity index (χ0) is 14.2. The van der Waals surface area contributed by atoms with Gasteiger partial charge in [-0.2, -0.15) is 0 Å². The summed E-state index contributed by atoms with van der Waals surface area (Å²) in [6.45, 7) is 0.739. The molecule has 1 aromatic heterocycles. The number of carbonyl (C=O) groups excluding carboxylic acids is 1. The number of amides is 1. The highest BCUT2D eigenvalue weighted by atomic mass is 79.9. The minimum atomic E-state index is -3.59. The van der Waals surface area contributed by atoms with Gasteiger partial charge < -0.3 is 4.90 Å². The van der Waals surface area contributed by atoms with Crippen molar-refractivity contribution in [2.75, 3.05) is 13.1 Å². The van der Waals surface area contributed by atoms with Crippen LogP contribution in [0.15, 0.2) is 14.3 Å². The maximum absolute atomic E-state index is 12.3. The van der Waals surface area contributed by atoms with Crippen molar-refractivity contribution >= 4 is 59.1 Å². The van der Waals surface area contributed by atoms with Gasteiger partial charge in [-0.1, -0.05) is 0 Å². The van der Waals surface area contributed by atoms with Crippen molar-refractivity contribution in [3.63, 3.8) is 0 Å². The molecule has 0 aromatic carbocycles. The molecule has 1 saturated heterocycles. The van der Waals surface area contributed by atoms with Gasteiger partial charge in [-0.25, -0.2) is 13.6 Å². The molecule has 1 aliphatic heterocycles. The SMILES string of the molecule is NS(=O)(=O)C1CCCN(C(=O)c2cc(Br)c(Br)s2)C1. The van der Waals surface area contributed by atoms with E-state index in [2.05, 4.69) is 31.9 Å². The number of carbonyl (C=O) groups is 1. The summed E-state index contributed by atoms with van der Waals surface area (Å²) in [7, 11) is -3.59. The van der Waals surface area contributed by atoms with Crippen molar-refractivity contribution < 1.29 is 13.2 Å². The van der Waals surface area contributed by atoms with Crippen molar-refractivity contribution in [2.45, 2.75) is 18.1 Å². The maximum atomic E-state index is 12.3. The lowest BCUT2D eigenvalue weighted by Gasteiger charge is -2.31. The van der Waals surface area contributed by atoms with Crippen LogP contribution in [0.2, 0.25) is 0 Å². The van der Waals surface area contributed by atoms with E-state index >= 15 is 0 Å². The molecule has 2 heterocycles. The zero-order valence-corrected chi connectivity index (χ0v) is 14.6. The Kier molecular flexibility index (Phi) is 4.71. The van der Waals surface area contributed by atoms with Gasteiger partial charge in [-0.3, -0.25) is 4.79 Å². The first-order valence-corrected chi connectivity index (χ1v) is 9.56. The van der Waals surface area contributed by atoms with Gasteiger partial charge in [-0.15, -0.1) is 11.3 Å². The maximum Gasteiger partial charge on any atom is 0.264 e. The van der Waals surface area contributed by atoms with Crippen molar-refractivity contribution in [1.29, 1.82) is 0 Å². The highest BCUT2D eigenvalue weighted by Crippen LogP contribution is 2.33. The molecule has 0 aliphatic carbocycles. The highest BCUT2D eigenvalue weighted by Gasteiger charge is 2.31. The number of halogens is 2. The van der Waals surface area contributed by atoms with Gasteiger partial charge in [0, 0.05) is 17.6 Å². The van der Waals surface area contributed by atoms with Crippen LogP contribution in [-0.4, -0.2) is 37.6 Å². The van der Waals surface area contributed by atoms with E-state index in [4.69, 9.17) is 5.14 Å². The molecular formula is C10H12Br2N2O3S2. The molecule has 5 nitrogen and oxygen atoms in total. The second kappa shape index (κ2) is 5.80. The number of sulfonamides is 1. The fourth-order valence-electron chi connectivity index (χ4n) is 2.00. The number of nitrogens with two attached hydrogens (primary N) is 1. The summed E-state index contributed by atoms with van der Waals surface area (Å²) in [5, 5.41) is 4.51. The van der Waals surface area contributed by atoms with E-state index in [1.54, 1.807) is 11.0 Å². The molecular weight excluding hydrogens is 420 g/mol. The Morgan fingerprint density at radius 1 is 1.47 bits per heavy atom. The van der Waals surface area contributed by atoms with Crippen LogP contribution in [0, 0.1) is 0 Å². The van der Waals surface area contributed by atoms with Gasteiger partial charge in [0.2, 0.25) is 10.0 Å². The number of likely N-dealkylation sites (tertiary alicyclic amines) is 1. The van der Waals surface area contributed by atoms with Crippen LogP contribution in [0.25, 0.3) is 0 Å². The van der Waals surface area contributed by atoms with Crippen molar-refractivity contribution in [2.24, 2.45) is 5.14 Å². The smallest absolute Gasteiger partial charge is 0.264 e. The summed E-state index contributed by atoms with van der Waals surface area (Å²) in [4.78, 5) is 14.4. The Labute approximate surface area is 132 Å². The number of hydrogen-bond donors (Lipinski definition) is 1. The highest BCUT2D eigenvalue weighted by molar-refractivity contribution is 9.13. The first-order valence-electron chi connectivity index (χ1n) is 5.54. The molecule has 0 bridgehead atoms. The number of hydrogen-bond acceptors (Lipinski definition) is 4. The van der Waals surface area contributed by atoms with Gasteiger partial charge in [0.05, 0.1) is 13.9 Å². The quantitative estimate of drug-likeness (QED) is 0.778. The van der Waals surface area contributed by atoms with Crippen molar-refractivity contribution in [3.05, 3.63) is 19.2 Å². The van der Waals surface area contributed by atoms with E-state index in [9.17, 15) is 13.2 Å². The summed E-state index contributed by atoms with van der Waals surface area (Å²) in [5.41, 5.74) is 0. The van der Waals surface area contributed by atoms with E-state index < -0.39 is 15.3 Å². The average molecular weight is 432 g/mol. The molecule has 1 aromatic rings. The Balaban J connectivity index is 2.15. The predicted molar refractivity (Wildman–Crippen MR) is 81.8 cm³/mol. The van der Waals surface area contributed by atoms with Gasteiger partial charge >= 0.3 is 0 Å². The summed E-state index contributed by atoms with van der Waals surface area (Å²) in [6, 6.07) is 1.73. The fraction of sp³-hybridized carbons (Fsp3) is 0.500. The molecule has 1 aliphatic rings. The van der Waals surface area contributed by atoms with Crippen molar-refractivity contribution in [3.8, 4) is 0 Å². The van der Waals surface area contributed by atoms with Crippen LogP contribution in [0.5, 0.6) is 0 Å². The van der Waals surface area contributed by atoms with Gasteiger partial charge in [0.15, 0.2) is 0 Å². The lowest BCUT2D eigenvalue weighted by molar-refractivity contribution is 0.0732. The average Bonchev–Trinajstić information content (AvgIpc) is 2.68. The molecule has 19 heavy (non-hydrogen) atoms. The normalized spacial score (nSPS) is 20.6. The largest absolute Gasteiger partial charge is 0.337 e. The number of piperidine rings is 1. The topological polar surface area (TPSA) is 80.5 Å². The number of primary sulfonamides is 1. The first kappa shape index (κ1) is 15.4. The van der Waals surface area contributed by atoms with Gasteiger partial charge in [-0.05, 0) is 50.8 Å². The second-order valence-corrected chi connectivity index (χ2v) is 9.41. The summed E-state index contributed by atoms with van der Waals surface area (Å²) >= 11 is 7.99. The number of nitrogens with zero attached hydrogens (tertiary/aromatic N) is 1. The number of rotatable bonds is 2. The van der Waals surface area contributed by atoms with Crippen LogP contribution in [0.4, 0.5) is 0 Å². The molecule has 1 atom stereocenters. The Bertz CT molecular complexity index is 580. The van der Waals surface area contributed by atoms with Crippen LogP contribution in [0.3, 0.4) is 0 Å². The van der Waals surface area contributed by atoms with Crippen molar-refractivity contribution in [1.82, 2.24) is 4.90 Å². The summed E-state index contributed by atoms with van der Waals surface area (Å²) in [5.74, 6) is -0.148. The third-order valence-corrected chi connectivity index (χ3v) is 7.54. The Hall–Kier alpha value is 0.0400. The summed E-state index contributed by atoms with van der Waals surface area (Å²) < 4.78 is 24.4. The van der Waals surface area contributed by atoms with E-state index in [1.165, 1.54) is 11.3 Å². The summed E-state index contributed by atoms with van der Waals surface area (Å²) in [6.07, 6.45) is 1.17. The van der Waals surface area contributed by atoms with Crippen LogP contribution < -0.4 is 5.14 Å². The van der Waals surface area contributed by atoms with Gasteiger partial charge in [0.1, 0.15) is 0 Å². The molecule has 0 radical (unpaired) electrons. The molecule has 1 amide bonds. The predicted octanol–water partition coefficient (Wildman–Crippen LogP) is 2.17. The molecule has 1 fully saturated rings. The zero-order valence-electron chi connectivity index (χ0n) is 9.80. The standard InChI is InChI=1S/C10H12Br2N2O3S2/c11-7-4-8(18-9(7)12)10(15)14-3-1-2-6(5-14)19(13,16)17/h4,6H,1-3,5H2,(H2,13,16,17). The molecule has 0 spiro atoms. The monoisotopic (exact) mass is 430 g/mol. The molecule has 2 rings (SSSR count). The molecule has 9 heteroatoms.